The fourth-order valence-corrected chi connectivity index (χ4v) is 2.03. The molecule has 1 N–H and O–H groups in total. The minimum absolute atomic E-state index is 0.0570. The molecular formula is C13H19N5O2. The lowest BCUT2D eigenvalue weighted by Crippen LogP contribution is -2.53. The van der Waals surface area contributed by atoms with Crippen LogP contribution in [0.1, 0.15) is 23.8 Å². The number of carbonyl (C=O) groups excluding carboxylic acids is 2. The van der Waals surface area contributed by atoms with Crippen LogP contribution in [0, 0.1) is 0 Å². The molecule has 0 aliphatic carbocycles. The molecule has 1 fully saturated rings. The third-order valence-electron chi connectivity index (χ3n) is 3.16. The van der Waals surface area contributed by atoms with E-state index in [9.17, 15) is 9.59 Å². The molecule has 0 radical (unpaired) electrons. The normalized spacial score (nSPS) is 15.1. The van der Waals surface area contributed by atoms with Crippen LogP contribution in [0.5, 0.6) is 0 Å². The van der Waals surface area contributed by atoms with Crippen LogP contribution in [0.2, 0.25) is 0 Å². The summed E-state index contributed by atoms with van der Waals surface area (Å²) in [5.41, 5.74) is 0.344. The van der Waals surface area contributed by atoms with Crippen molar-refractivity contribution in [1.82, 2.24) is 25.1 Å². The van der Waals surface area contributed by atoms with E-state index in [1.165, 1.54) is 18.6 Å². The van der Waals surface area contributed by atoms with E-state index in [-0.39, 0.29) is 11.9 Å². The van der Waals surface area contributed by atoms with Crippen molar-refractivity contribution >= 4 is 11.9 Å². The van der Waals surface area contributed by atoms with E-state index >= 15 is 0 Å². The quantitative estimate of drug-likeness (QED) is 0.865. The molecular weight excluding hydrogens is 258 g/mol. The van der Waals surface area contributed by atoms with Crippen molar-refractivity contribution in [3.8, 4) is 0 Å². The number of piperazine rings is 1. The molecule has 0 bridgehead atoms. The zero-order valence-corrected chi connectivity index (χ0v) is 11.6. The molecule has 1 saturated heterocycles. The largest absolute Gasteiger partial charge is 0.338 e. The van der Waals surface area contributed by atoms with Gasteiger partial charge < -0.3 is 15.1 Å². The van der Waals surface area contributed by atoms with Crippen LogP contribution in [0.4, 0.5) is 4.79 Å². The summed E-state index contributed by atoms with van der Waals surface area (Å²) >= 11 is 0. The lowest BCUT2D eigenvalue weighted by molar-refractivity contribution is 0.0659. The number of hydrogen-bond donors (Lipinski definition) is 1. The van der Waals surface area contributed by atoms with Crippen molar-refractivity contribution in [3.05, 3.63) is 24.3 Å². The average molecular weight is 277 g/mol. The molecule has 0 spiro atoms. The molecule has 1 aromatic heterocycles. The predicted molar refractivity (Wildman–Crippen MR) is 73.2 cm³/mol. The van der Waals surface area contributed by atoms with E-state index in [1.54, 1.807) is 9.80 Å². The maximum Gasteiger partial charge on any atom is 0.317 e. The van der Waals surface area contributed by atoms with E-state index in [2.05, 4.69) is 15.3 Å². The number of nitrogens with zero attached hydrogens (tertiary/aromatic N) is 4. The fraction of sp³-hybridized carbons (Fsp3) is 0.538. The lowest BCUT2D eigenvalue weighted by Gasteiger charge is -2.34. The lowest BCUT2D eigenvalue weighted by atomic mass is 10.3. The average Bonchev–Trinajstić information content (AvgIpc) is 2.53. The van der Waals surface area contributed by atoms with Crippen LogP contribution in [0.25, 0.3) is 0 Å². The van der Waals surface area contributed by atoms with Gasteiger partial charge in [-0.3, -0.25) is 9.78 Å². The van der Waals surface area contributed by atoms with E-state index in [0.717, 1.165) is 6.42 Å². The highest BCUT2D eigenvalue weighted by Crippen LogP contribution is 2.06. The van der Waals surface area contributed by atoms with Crippen LogP contribution >= 0.6 is 0 Å². The summed E-state index contributed by atoms with van der Waals surface area (Å²) < 4.78 is 0. The van der Waals surface area contributed by atoms with Gasteiger partial charge in [-0.25, -0.2) is 9.78 Å². The number of aromatic nitrogens is 2. The van der Waals surface area contributed by atoms with Gasteiger partial charge in [0.05, 0.1) is 6.20 Å². The molecule has 2 rings (SSSR count). The second-order valence-electron chi connectivity index (χ2n) is 4.60. The van der Waals surface area contributed by atoms with Crippen LogP contribution < -0.4 is 5.32 Å². The minimum atomic E-state index is -0.133. The molecule has 108 valence electrons. The number of amides is 3. The van der Waals surface area contributed by atoms with Crippen molar-refractivity contribution in [2.75, 3.05) is 32.7 Å². The molecule has 7 heteroatoms. The smallest absolute Gasteiger partial charge is 0.317 e. The van der Waals surface area contributed by atoms with Crippen molar-refractivity contribution in [2.45, 2.75) is 13.3 Å². The molecule has 1 aromatic rings. The number of urea groups is 1. The zero-order valence-electron chi connectivity index (χ0n) is 11.6. The van der Waals surface area contributed by atoms with Gasteiger partial charge in [0, 0.05) is 45.1 Å². The number of rotatable bonds is 3. The summed E-state index contributed by atoms with van der Waals surface area (Å²) in [7, 11) is 0. The summed E-state index contributed by atoms with van der Waals surface area (Å²) in [5.74, 6) is -0.133. The van der Waals surface area contributed by atoms with E-state index in [4.69, 9.17) is 0 Å². The molecule has 0 saturated carbocycles. The first-order chi connectivity index (χ1) is 9.72. The van der Waals surface area contributed by atoms with Gasteiger partial charge in [-0.1, -0.05) is 6.92 Å². The van der Waals surface area contributed by atoms with Crippen LogP contribution in [-0.2, 0) is 0 Å². The molecule has 1 aliphatic rings. The van der Waals surface area contributed by atoms with Crippen LogP contribution in [0.15, 0.2) is 18.6 Å². The van der Waals surface area contributed by atoms with Gasteiger partial charge in [-0.15, -0.1) is 0 Å². The molecule has 0 aromatic carbocycles. The Morgan fingerprint density at radius 3 is 2.50 bits per heavy atom. The highest BCUT2D eigenvalue weighted by molar-refractivity contribution is 5.92. The van der Waals surface area contributed by atoms with Gasteiger partial charge in [0.2, 0.25) is 0 Å². The van der Waals surface area contributed by atoms with Crippen molar-refractivity contribution < 1.29 is 9.59 Å². The third kappa shape index (κ3) is 3.43. The predicted octanol–water partition coefficient (Wildman–Crippen LogP) is 0.354. The number of hydrogen-bond acceptors (Lipinski definition) is 4. The Morgan fingerprint density at radius 1 is 1.20 bits per heavy atom. The Labute approximate surface area is 118 Å². The molecule has 3 amide bonds. The van der Waals surface area contributed by atoms with Crippen molar-refractivity contribution in [3.63, 3.8) is 0 Å². The van der Waals surface area contributed by atoms with Gasteiger partial charge >= 0.3 is 6.03 Å². The number of carbonyl (C=O) groups is 2. The first-order valence-electron chi connectivity index (χ1n) is 6.80. The second kappa shape index (κ2) is 6.83. The summed E-state index contributed by atoms with van der Waals surface area (Å²) in [6.07, 6.45) is 5.41. The number of nitrogens with one attached hydrogen (secondary N) is 1. The standard InChI is InChI=1S/C13H19N5O2/c1-2-3-16-13(20)18-8-6-17(7-9-18)12(19)11-10-14-4-5-15-11/h4-5,10H,2-3,6-9H2,1H3,(H,16,20). The van der Waals surface area contributed by atoms with Gasteiger partial charge in [0.15, 0.2) is 0 Å². The monoisotopic (exact) mass is 277 g/mol. The Kier molecular flexibility index (Phi) is 4.86. The van der Waals surface area contributed by atoms with E-state index < -0.39 is 0 Å². The zero-order chi connectivity index (χ0) is 14.4. The molecule has 20 heavy (non-hydrogen) atoms. The van der Waals surface area contributed by atoms with E-state index in [1.807, 2.05) is 6.92 Å². The highest BCUT2D eigenvalue weighted by Gasteiger charge is 2.25. The maximum atomic E-state index is 12.2. The molecule has 1 aliphatic heterocycles. The Hall–Kier alpha value is -2.18. The third-order valence-corrected chi connectivity index (χ3v) is 3.16. The Morgan fingerprint density at radius 2 is 1.90 bits per heavy atom. The molecule has 0 unspecified atom stereocenters. The summed E-state index contributed by atoms with van der Waals surface area (Å²) in [4.78, 5) is 35.3. The first-order valence-corrected chi connectivity index (χ1v) is 6.80. The Balaban J connectivity index is 1.85. The van der Waals surface area contributed by atoms with Gasteiger partial charge in [-0.2, -0.15) is 0 Å². The Bertz CT molecular complexity index is 457. The minimum Gasteiger partial charge on any atom is -0.338 e. The maximum absolute atomic E-state index is 12.2. The SMILES string of the molecule is CCCNC(=O)N1CCN(C(=O)c2cnccn2)CC1. The van der Waals surface area contributed by atoms with Crippen molar-refractivity contribution in [2.24, 2.45) is 0 Å². The fourth-order valence-electron chi connectivity index (χ4n) is 2.03. The van der Waals surface area contributed by atoms with Gasteiger partial charge in [-0.05, 0) is 6.42 Å². The summed E-state index contributed by atoms with van der Waals surface area (Å²) in [6, 6.07) is -0.0570. The molecule has 7 nitrogen and oxygen atoms in total. The first kappa shape index (κ1) is 14.2. The van der Waals surface area contributed by atoms with Crippen LogP contribution in [0.3, 0.4) is 0 Å². The van der Waals surface area contributed by atoms with Gasteiger partial charge in [0.25, 0.3) is 5.91 Å². The topological polar surface area (TPSA) is 78.4 Å². The van der Waals surface area contributed by atoms with Crippen molar-refractivity contribution in [1.29, 1.82) is 0 Å². The van der Waals surface area contributed by atoms with Crippen LogP contribution in [-0.4, -0.2) is 64.4 Å². The molecule has 2 heterocycles. The van der Waals surface area contributed by atoms with Gasteiger partial charge in [0.1, 0.15) is 5.69 Å². The molecule has 0 atom stereocenters. The second-order valence-corrected chi connectivity index (χ2v) is 4.60. The summed E-state index contributed by atoms with van der Waals surface area (Å²) in [5, 5.41) is 2.84. The summed E-state index contributed by atoms with van der Waals surface area (Å²) in [6.45, 7) is 4.82. The highest BCUT2D eigenvalue weighted by atomic mass is 16.2. The van der Waals surface area contributed by atoms with E-state index in [0.29, 0.717) is 38.4 Å².